The van der Waals surface area contributed by atoms with Crippen LogP contribution in [0.15, 0.2) is 12.1 Å². The van der Waals surface area contributed by atoms with Gasteiger partial charge in [0.2, 0.25) is 0 Å². The molecule has 0 bridgehead atoms. The van der Waals surface area contributed by atoms with Gasteiger partial charge in [0.1, 0.15) is 23.6 Å². The van der Waals surface area contributed by atoms with Gasteiger partial charge in [-0.1, -0.05) is 6.07 Å². The lowest BCUT2D eigenvalue weighted by molar-refractivity contribution is -0.215. The summed E-state index contributed by atoms with van der Waals surface area (Å²) in [5, 5.41) is 23.8. The molecular formula is C28H42N4O8. The summed E-state index contributed by atoms with van der Waals surface area (Å²) in [4.78, 5) is 48.7. The largest absolute Gasteiger partial charge is 0.528 e. The van der Waals surface area contributed by atoms with Gasteiger partial charge in [-0.25, -0.2) is 14.6 Å². The monoisotopic (exact) mass is 562 g/mol. The number of carbonyl (C=O) groups is 3. The van der Waals surface area contributed by atoms with E-state index < -0.39 is 36.0 Å². The zero-order valence-electron chi connectivity index (χ0n) is 23.6. The summed E-state index contributed by atoms with van der Waals surface area (Å²) < 4.78 is 10.8. The minimum Gasteiger partial charge on any atom is -0.480 e. The van der Waals surface area contributed by atoms with E-state index in [4.69, 9.17) is 19.3 Å². The number of pyridine rings is 1. The lowest BCUT2D eigenvalue weighted by atomic mass is 9.76. The number of aliphatic hydroxyl groups is 1. The van der Waals surface area contributed by atoms with Gasteiger partial charge in [0.15, 0.2) is 0 Å². The van der Waals surface area contributed by atoms with Crippen LogP contribution in [-0.4, -0.2) is 93.4 Å². The Morgan fingerprint density at radius 3 is 2.73 bits per heavy atom. The molecular weight excluding hydrogens is 520 g/mol. The molecule has 1 aromatic heterocycles. The smallest absolute Gasteiger partial charge is 0.480 e. The molecule has 40 heavy (non-hydrogen) atoms. The third-order valence-corrected chi connectivity index (χ3v) is 7.57. The Kier molecular flexibility index (Phi) is 9.72. The number of nitrogens with zero attached hydrogens (tertiary/aromatic N) is 3. The lowest BCUT2D eigenvalue weighted by Gasteiger charge is -2.43. The Morgan fingerprint density at radius 2 is 2.02 bits per heavy atom. The van der Waals surface area contributed by atoms with Crippen LogP contribution in [0.3, 0.4) is 0 Å². The van der Waals surface area contributed by atoms with Crippen molar-refractivity contribution in [3.63, 3.8) is 0 Å². The molecule has 3 heterocycles. The maximum absolute atomic E-state index is 12.7. The zero-order chi connectivity index (χ0) is 28.9. The maximum Gasteiger partial charge on any atom is 0.528 e. The van der Waals surface area contributed by atoms with E-state index in [1.807, 2.05) is 0 Å². The van der Waals surface area contributed by atoms with E-state index in [0.29, 0.717) is 31.7 Å². The summed E-state index contributed by atoms with van der Waals surface area (Å²) in [6.45, 7) is 6.44. The number of amides is 1. The first kappa shape index (κ1) is 29.9. The molecule has 0 radical (unpaired) electrons. The summed E-state index contributed by atoms with van der Waals surface area (Å²) in [6, 6.07) is 2.71. The van der Waals surface area contributed by atoms with Crippen molar-refractivity contribution in [1.82, 2.24) is 14.9 Å². The summed E-state index contributed by atoms with van der Waals surface area (Å²) in [5.41, 5.74) is 1.63. The fourth-order valence-electron chi connectivity index (χ4n) is 5.44. The van der Waals surface area contributed by atoms with Gasteiger partial charge in [-0.2, -0.15) is 0 Å². The van der Waals surface area contributed by atoms with Gasteiger partial charge in [0, 0.05) is 37.9 Å². The number of likely N-dealkylation sites (tertiary alicyclic amines) is 1. The molecule has 2 fully saturated rings. The number of hydrogen-bond donors (Lipinski definition) is 3. The van der Waals surface area contributed by atoms with E-state index in [-0.39, 0.29) is 25.6 Å². The molecule has 1 saturated carbocycles. The molecule has 4 rings (SSSR count). The highest BCUT2D eigenvalue weighted by Crippen LogP contribution is 2.37. The fourth-order valence-corrected chi connectivity index (χ4v) is 5.44. The molecule has 12 heteroatoms. The molecule has 1 aliphatic carbocycles. The number of aromatic nitrogens is 1. The summed E-state index contributed by atoms with van der Waals surface area (Å²) in [6.07, 6.45) is 3.40. The van der Waals surface area contributed by atoms with Gasteiger partial charge in [-0.3, -0.25) is 4.79 Å². The molecule has 0 unspecified atom stereocenters. The van der Waals surface area contributed by atoms with Crippen molar-refractivity contribution in [1.29, 1.82) is 0 Å². The molecule has 2 aliphatic heterocycles. The number of aryl methyl sites for hydroxylation is 2. The minimum absolute atomic E-state index is 0.0916. The number of carboxylic acids is 1. The average Bonchev–Trinajstić information content (AvgIpc) is 3.33. The van der Waals surface area contributed by atoms with E-state index in [2.05, 4.69) is 17.4 Å². The third kappa shape index (κ3) is 7.97. The summed E-state index contributed by atoms with van der Waals surface area (Å²) in [5.74, 6) is 0.116. The van der Waals surface area contributed by atoms with Crippen LogP contribution in [0, 0.1) is 5.92 Å². The first-order valence-electron chi connectivity index (χ1n) is 14.2. The minimum atomic E-state index is -1.20. The summed E-state index contributed by atoms with van der Waals surface area (Å²) in [7, 11) is 0. The van der Waals surface area contributed by atoms with Gasteiger partial charge in [0.05, 0.1) is 6.54 Å². The van der Waals surface area contributed by atoms with Crippen LogP contribution < -0.4 is 5.32 Å². The third-order valence-electron chi connectivity index (χ3n) is 7.57. The van der Waals surface area contributed by atoms with Crippen LogP contribution in [0.5, 0.6) is 0 Å². The standard InChI is InChI=1S/C28H42N4O8/c1-28(2,3)39-26(36)31-13-10-22(17-31)38-27(37)40-32(23(11-14-33)25(34)35)21-15-18(16-21)6-8-20-9-7-19-5-4-12-29-24(19)30-20/h7,9,18,21-23,33H,4-6,8,10-17H2,1-3H3,(H,29,30)(H,34,35)/t18?,21?,22-,23+/m1/s1. The van der Waals surface area contributed by atoms with Crippen molar-refractivity contribution in [2.75, 3.05) is 31.6 Å². The maximum atomic E-state index is 12.7. The number of anilines is 1. The Balaban J connectivity index is 1.29. The molecule has 3 aliphatic rings. The van der Waals surface area contributed by atoms with Crippen molar-refractivity contribution in [2.45, 2.75) is 95.9 Å². The van der Waals surface area contributed by atoms with Gasteiger partial charge in [-0.15, -0.1) is 5.06 Å². The first-order chi connectivity index (χ1) is 19.0. The normalized spacial score (nSPS) is 23.0. The predicted octanol–water partition coefficient (Wildman–Crippen LogP) is 3.37. The van der Waals surface area contributed by atoms with Crippen molar-refractivity contribution >= 4 is 24.0 Å². The summed E-state index contributed by atoms with van der Waals surface area (Å²) >= 11 is 0. The first-order valence-corrected chi connectivity index (χ1v) is 14.2. The lowest BCUT2D eigenvalue weighted by Crippen LogP contribution is -2.53. The Hall–Kier alpha value is -3.12. The topological polar surface area (TPSA) is 151 Å². The van der Waals surface area contributed by atoms with Crippen LogP contribution in [0.4, 0.5) is 15.4 Å². The number of fused-ring (bicyclic) bond motifs is 1. The van der Waals surface area contributed by atoms with Gasteiger partial charge in [0.25, 0.3) is 0 Å². The van der Waals surface area contributed by atoms with E-state index in [0.717, 1.165) is 43.7 Å². The number of hydroxylamine groups is 2. The molecule has 1 aromatic rings. The quantitative estimate of drug-likeness (QED) is 0.284. The van der Waals surface area contributed by atoms with Crippen molar-refractivity contribution < 1.29 is 38.9 Å². The van der Waals surface area contributed by atoms with Crippen LogP contribution in [0.1, 0.15) is 70.6 Å². The van der Waals surface area contributed by atoms with E-state index in [1.165, 1.54) is 15.5 Å². The van der Waals surface area contributed by atoms with E-state index >= 15 is 0 Å². The molecule has 1 amide bonds. The Labute approximate surface area is 234 Å². The second-order valence-corrected chi connectivity index (χ2v) is 11.9. The van der Waals surface area contributed by atoms with Gasteiger partial charge in [-0.05, 0) is 83.3 Å². The molecule has 1 saturated heterocycles. The molecule has 222 valence electrons. The van der Waals surface area contributed by atoms with Gasteiger partial charge < -0.3 is 34.7 Å². The molecule has 0 spiro atoms. The highest BCUT2D eigenvalue weighted by Gasteiger charge is 2.42. The van der Waals surface area contributed by atoms with Gasteiger partial charge >= 0.3 is 18.2 Å². The average molecular weight is 563 g/mol. The number of ether oxygens (including phenoxy) is 2. The van der Waals surface area contributed by atoms with E-state index in [9.17, 15) is 24.6 Å². The predicted molar refractivity (Wildman–Crippen MR) is 145 cm³/mol. The number of carbonyl (C=O) groups excluding carboxylic acids is 2. The number of carboxylic acid groups (broad SMARTS) is 1. The SMILES string of the molecule is CC(C)(C)OC(=O)N1CC[C@@H](OC(=O)ON(C2CC(CCc3ccc4c(n3)NCCC4)C2)[C@@H](CCO)C(=O)O)C1. The van der Waals surface area contributed by atoms with Crippen LogP contribution >= 0.6 is 0 Å². The highest BCUT2D eigenvalue weighted by molar-refractivity contribution is 5.73. The van der Waals surface area contributed by atoms with E-state index in [1.54, 1.807) is 20.8 Å². The second kappa shape index (κ2) is 13.0. The number of rotatable bonds is 10. The van der Waals surface area contributed by atoms with Crippen molar-refractivity contribution in [3.05, 3.63) is 23.4 Å². The van der Waals surface area contributed by atoms with Crippen molar-refractivity contribution in [3.8, 4) is 0 Å². The molecule has 0 aromatic carbocycles. The van der Waals surface area contributed by atoms with Crippen molar-refractivity contribution in [2.24, 2.45) is 5.92 Å². The molecule has 3 N–H and O–H groups in total. The Morgan fingerprint density at radius 1 is 1.25 bits per heavy atom. The number of aliphatic hydroxyl groups excluding tert-OH is 1. The van der Waals surface area contributed by atoms with Crippen LogP contribution in [-0.2, 0) is 31.9 Å². The van der Waals surface area contributed by atoms with Crippen LogP contribution in [0.25, 0.3) is 0 Å². The Bertz CT molecular complexity index is 1060. The fraction of sp³-hybridized carbons (Fsp3) is 0.714. The highest BCUT2D eigenvalue weighted by atomic mass is 16.8. The van der Waals surface area contributed by atoms with Crippen LogP contribution in [0.2, 0.25) is 0 Å². The zero-order valence-corrected chi connectivity index (χ0v) is 23.6. The molecule has 2 atom stereocenters. The number of nitrogens with one attached hydrogen (secondary N) is 1. The second-order valence-electron chi connectivity index (χ2n) is 11.9. The number of aliphatic carboxylic acids is 1. The number of hydrogen-bond acceptors (Lipinski definition) is 10. The molecule has 12 nitrogen and oxygen atoms in total.